The molecule has 2 rings (SSSR count). The van der Waals surface area contributed by atoms with E-state index in [1.165, 1.54) is 10.6 Å². The van der Waals surface area contributed by atoms with E-state index >= 15 is 0 Å². The zero-order valence-electron chi connectivity index (χ0n) is 11.5. The highest BCUT2D eigenvalue weighted by atomic mass is 32.1. The van der Waals surface area contributed by atoms with Crippen molar-refractivity contribution in [2.24, 2.45) is 0 Å². The summed E-state index contributed by atoms with van der Waals surface area (Å²) >= 11 is 1.69. The Kier molecular flexibility index (Phi) is 4.02. The SMILES string of the molecule is Cc1sc[n+](CC(=O)N2CC(C)OC(C)C2)c1C. The van der Waals surface area contributed by atoms with Crippen LogP contribution in [0, 0.1) is 13.8 Å². The van der Waals surface area contributed by atoms with E-state index in [0.717, 1.165) is 0 Å². The first kappa shape index (κ1) is 13.5. The number of carbonyl (C=O) groups is 1. The molecule has 0 aromatic carbocycles. The number of hydrogen-bond acceptors (Lipinski definition) is 3. The summed E-state index contributed by atoms with van der Waals surface area (Å²) in [5.41, 5.74) is 3.21. The lowest BCUT2D eigenvalue weighted by Gasteiger charge is -2.34. The number of thiazole rings is 1. The second-order valence-electron chi connectivity index (χ2n) is 5.05. The fourth-order valence-corrected chi connectivity index (χ4v) is 3.10. The van der Waals surface area contributed by atoms with E-state index in [2.05, 4.69) is 13.8 Å². The van der Waals surface area contributed by atoms with Crippen molar-refractivity contribution >= 4 is 17.2 Å². The molecule has 0 N–H and O–H groups in total. The maximum atomic E-state index is 12.3. The van der Waals surface area contributed by atoms with E-state index in [1.54, 1.807) is 11.3 Å². The van der Waals surface area contributed by atoms with Gasteiger partial charge in [0.2, 0.25) is 12.1 Å². The Hall–Kier alpha value is -0.940. The minimum absolute atomic E-state index is 0.132. The molecule has 2 heterocycles. The van der Waals surface area contributed by atoms with Crippen LogP contribution in [-0.4, -0.2) is 36.1 Å². The van der Waals surface area contributed by atoms with Gasteiger partial charge >= 0.3 is 0 Å². The van der Waals surface area contributed by atoms with Gasteiger partial charge in [-0.2, -0.15) is 4.57 Å². The van der Waals surface area contributed by atoms with E-state index in [0.29, 0.717) is 19.6 Å². The van der Waals surface area contributed by atoms with Gasteiger partial charge in [0.1, 0.15) is 0 Å². The van der Waals surface area contributed by atoms with Gasteiger partial charge in [0.25, 0.3) is 5.91 Å². The van der Waals surface area contributed by atoms with E-state index in [9.17, 15) is 4.79 Å². The van der Waals surface area contributed by atoms with Crippen LogP contribution in [0.2, 0.25) is 0 Å². The van der Waals surface area contributed by atoms with Gasteiger partial charge in [-0.3, -0.25) is 4.79 Å². The zero-order valence-corrected chi connectivity index (χ0v) is 12.3. The molecule has 0 aliphatic carbocycles. The first-order valence-corrected chi connectivity index (χ1v) is 7.22. The molecule has 1 amide bonds. The highest BCUT2D eigenvalue weighted by Crippen LogP contribution is 2.12. The molecule has 1 aromatic heterocycles. The number of ether oxygens (including phenoxy) is 1. The highest BCUT2D eigenvalue weighted by molar-refractivity contribution is 7.09. The molecule has 1 aromatic rings. The Morgan fingerprint density at radius 2 is 2.06 bits per heavy atom. The van der Waals surface area contributed by atoms with Gasteiger partial charge in [-0.25, -0.2) is 0 Å². The predicted molar refractivity (Wildman–Crippen MR) is 70.6 cm³/mol. The normalized spacial score (nSPS) is 24.3. The van der Waals surface area contributed by atoms with Crippen LogP contribution in [0.5, 0.6) is 0 Å². The van der Waals surface area contributed by atoms with Crippen LogP contribution >= 0.6 is 11.3 Å². The quantitative estimate of drug-likeness (QED) is 0.758. The number of amides is 1. The van der Waals surface area contributed by atoms with Crippen LogP contribution in [0.4, 0.5) is 0 Å². The van der Waals surface area contributed by atoms with E-state index in [-0.39, 0.29) is 18.1 Å². The van der Waals surface area contributed by atoms with Gasteiger partial charge in [-0.15, -0.1) is 0 Å². The molecular weight excluding hydrogens is 248 g/mol. The lowest BCUT2D eigenvalue weighted by molar-refractivity contribution is -0.686. The topological polar surface area (TPSA) is 33.4 Å². The fraction of sp³-hybridized carbons (Fsp3) is 0.692. The largest absolute Gasteiger partial charge is 0.372 e. The van der Waals surface area contributed by atoms with E-state index in [4.69, 9.17) is 4.74 Å². The predicted octanol–water partition coefficient (Wildman–Crippen LogP) is 1.29. The number of carbonyl (C=O) groups excluding carboxylic acids is 1. The first-order valence-electron chi connectivity index (χ1n) is 6.34. The second kappa shape index (κ2) is 5.36. The molecule has 1 saturated heterocycles. The van der Waals surface area contributed by atoms with Crippen molar-refractivity contribution in [3.05, 3.63) is 16.1 Å². The Bertz CT molecular complexity index is 434. The van der Waals surface area contributed by atoms with Crippen LogP contribution in [0.3, 0.4) is 0 Å². The number of nitrogens with zero attached hydrogens (tertiary/aromatic N) is 2. The van der Waals surface area contributed by atoms with Gasteiger partial charge in [-0.05, 0) is 20.8 Å². The summed E-state index contributed by atoms with van der Waals surface area (Å²) in [6.45, 7) is 10.0. The van der Waals surface area contributed by atoms with Crippen LogP contribution in [-0.2, 0) is 16.1 Å². The summed E-state index contributed by atoms with van der Waals surface area (Å²) in [7, 11) is 0. The molecular formula is C13H21N2O2S+. The second-order valence-corrected chi connectivity index (χ2v) is 6.11. The Labute approximate surface area is 112 Å². The lowest BCUT2D eigenvalue weighted by Crippen LogP contribution is -2.52. The molecule has 5 heteroatoms. The zero-order chi connectivity index (χ0) is 13.3. The third-order valence-electron chi connectivity index (χ3n) is 3.37. The molecule has 2 unspecified atom stereocenters. The van der Waals surface area contributed by atoms with Gasteiger partial charge in [0.15, 0.2) is 5.69 Å². The molecule has 2 atom stereocenters. The monoisotopic (exact) mass is 269 g/mol. The van der Waals surface area contributed by atoms with Crippen LogP contribution in [0.25, 0.3) is 0 Å². The minimum Gasteiger partial charge on any atom is -0.372 e. The lowest BCUT2D eigenvalue weighted by atomic mass is 10.2. The molecule has 1 fully saturated rings. The summed E-state index contributed by atoms with van der Waals surface area (Å²) in [6, 6.07) is 0. The number of rotatable bonds is 2. The van der Waals surface area contributed by atoms with Crippen molar-refractivity contribution in [3.63, 3.8) is 0 Å². The molecule has 100 valence electrons. The van der Waals surface area contributed by atoms with Crippen molar-refractivity contribution in [1.82, 2.24) is 4.90 Å². The third kappa shape index (κ3) is 2.90. The summed E-state index contributed by atoms with van der Waals surface area (Å²) < 4.78 is 7.68. The average molecular weight is 269 g/mol. The summed E-state index contributed by atoms with van der Waals surface area (Å²) in [4.78, 5) is 15.5. The molecule has 4 nitrogen and oxygen atoms in total. The van der Waals surface area contributed by atoms with Crippen LogP contribution < -0.4 is 4.57 Å². The van der Waals surface area contributed by atoms with Crippen molar-refractivity contribution in [1.29, 1.82) is 0 Å². The maximum absolute atomic E-state index is 12.3. The standard InChI is InChI=1S/C13H21N2O2S/c1-9-5-14(6-10(2)17-9)13(16)7-15-8-18-12(4)11(15)3/h8-10H,5-7H2,1-4H3/q+1. The van der Waals surface area contributed by atoms with Crippen molar-refractivity contribution in [2.45, 2.75) is 46.4 Å². The van der Waals surface area contributed by atoms with Crippen LogP contribution in [0.1, 0.15) is 24.4 Å². The van der Waals surface area contributed by atoms with E-state index in [1.807, 2.05) is 28.8 Å². The van der Waals surface area contributed by atoms with Gasteiger partial charge in [0, 0.05) is 20.0 Å². The molecule has 18 heavy (non-hydrogen) atoms. The smallest absolute Gasteiger partial charge is 0.288 e. The number of morpholine rings is 1. The van der Waals surface area contributed by atoms with Crippen LogP contribution in [0.15, 0.2) is 5.51 Å². The maximum Gasteiger partial charge on any atom is 0.288 e. The van der Waals surface area contributed by atoms with Crippen molar-refractivity contribution < 1.29 is 14.1 Å². The number of aryl methyl sites for hydroxylation is 1. The summed E-state index contributed by atoms with van der Waals surface area (Å²) in [5, 5.41) is 0. The Morgan fingerprint density at radius 3 is 2.56 bits per heavy atom. The number of aromatic nitrogens is 1. The Morgan fingerprint density at radius 1 is 1.44 bits per heavy atom. The highest BCUT2D eigenvalue weighted by Gasteiger charge is 2.28. The molecule has 0 spiro atoms. The molecule has 0 bridgehead atoms. The van der Waals surface area contributed by atoms with Crippen molar-refractivity contribution in [2.75, 3.05) is 13.1 Å². The average Bonchev–Trinajstić information content (AvgIpc) is 2.59. The molecule has 1 aliphatic rings. The third-order valence-corrected chi connectivity index (χ3v) is 4.38. The molecule has 0 radical (unpaired) electrons. The van der Waals surface area contributed by atoms with E-state index < -0.39 is 0 Å². The molecule has 0 saturated carbocycles. The van der Waals surface area contributed by atoms with Gasteiger partial charge < -0.3 is 9.64 Å². The van der Waals surface area contributed by atoms with Gasteiger partial charge in [0.05, 0.1) is 17.1 Å². The first-order chi connectivity index (χ1) is 8.47. The number of hydrogen-bond donors (Lipinski definition) is 0. The van der Waals surface area contributed by atoms with Crippen molar-refractivity contribution in [3.8, 4) is 0 Å². The fourth-order valence-electron chi connectivity index (χ4n) is 2.29. The summed E-state index contributed by atoms with van der Waals surface area (Å²) in [5.74, 6) is 0.183. The molecule has 1 aliphatic heterocycles. The van der Waals surface area contributed by atoms with Gasteiger partial charge in [-0.1, -0.05) is 11.3 Å². The Balaban J connectivity index is 2.01. The minimum atomic E-state index is 0.132. The summed E-state index contributed by atoms with van der Waals surface area (Å²) in [6.07, 6.45) is 0.265.